The fourth-order valence-corrected chi connectivity index (χ4v) is 2.96. The van der Waals surface area contributed by atoms with Crippen LogP contribution in [0.5, 0.6) is 0 Å². The molecule has 92 valence electrons. The summed E-state index contributed by atoms with van der Waals surface area (Å²) >= 11 is 0. The molecule has 1 N–H and O–H groups in total. The monoisotopic (exact) mass is 244 g/mol. The second-order valence-electron chi connectivity index (χ2n) is 3.88. The van der Waals surface area contributed by atoms with E-state index >= 15 is 0 Å². The van der Waals surface area contributed by atoms with Gasteiger partial charge in [-0.2, -0.15) is 0 Å². The number of sulfone groups is 1. The topological polar surface area (TPSA) is 51.1 Å². The Morgan fingerprint density at radius 3 is 2.75 bits per heavy atom. The molecule has 1 rings (SSSR count). The molecule has 5 heteroatoms. The molecular formula is C11H20N2O2S. The number of nitrogens with one attached hydrogen (secondary N) is 1. The van der Waals surface area contributed by atoms with Gasteiger partial charge in [-0.15, -0.1) is 0 Å². The maximum absolute atomic E-state index is 11.6. The molecule has 0 aromatic carbocycles. The van der Waals surface area contributed by atoms with Crippen LogP contribution in [0.3, 0.4) is 0 Å². The molecule has 0 atom stereocenters. The van der Waals surface area contributed by atoms with Crippen LogP contribution in [-0.4, -0.2) is 31.5 Å². The maximum Gasteiger partial charge on any atom is 0.152 e. The molecule has 0 aliphatic heterocycles. The quantitative estimate of drug-likeness (QED) is 0.779. The molecule has 0 unspecified atom stereocenters. The van der Waals surface area contributed by atoms with Gasteiger partial charge in [0.2, 0.25) is 0 Å². The van der Waals surface area contributed by atoms with Crippen LogP contribution in [-0.2, 0) is 22.9 Å². The van der Waals surface area contributed by atoms with Gasteiger partial charge in [-0.25, -0.2) is 8.42 Å². The maximum atomic E-state index is 11.6. The fourth-order valence-electron chi connectivity index (χ4n) is 1.66. The molecule has 1 aromatic rings. The Morgan fingerprint density at radius 1 is 1.38 bits per heavy atom. The lowest BCUT2D eigenvalue weighted by atomic mass is 10.4. The molecule has 0 aliphatic rings. The highest BCUT2D eigenvalue weighted by atomic mass is 32.2. The van der Waals surface area contributed by atoms with E-state index in [2.05, 4.69) is 5.32 Å². The summed E-state index contributed by atoms with van der Waals surface area (Å²) in [5.74, 6) is 0.516. The van der Waals surface area contributed by atoms with Crippen molar-refractivity contribution in [3.05, 3.63) is 24.0 Å². The zero-order chi connectivity index (χ0) is 12.0. The van der Waals surface area contributed by atoms with Gasteiger partial charge in [0, 0.05) is 30.7 Å². The van der Waals surface area contributed by atoms with E-state index < -0.39 is 9.84 Å². The molecule has 0 amide bonds. The van der Waals surface area contributed by atoms with E-state index in [0.717, 1.165) is 12.2 Å². The number of aromatic nitrogens is 1. The van der Waals surface area contributed by atoms with Gasteiger partial charge in [-0.3, -0.25) is 0 Å². The number of nitrogens with zero attached hydrogens (tertiary/aromatic N) is 1. The Hall–Kier alpha value is -0.810. The largest absolute Gasteiger partial charge is 0.349 e. The lowest BCUT2D eigenvalue weighted by Gasteiger charge is -2.09. The molecule has 0 bridgehead atoms. The Kier molecular flexibility index (Phi) is 5.02. The molecular weight excluding hydrogens is 224 g/mol. The van der Waals surface area contributed by atoms with Crippen molar-refractivity contribution >= 4 is 9.84 Å². The van der Waals surface area contributed by atoms with Gasteiger partial charge in [0.15, 0.2) is 9.84 Å². The van der Waals surface area contributed by atoms with Gasteiger partial charge in [0.1, 0.15) is 0 Å². The summed E-state index contributed by atoms with van der Waals surface area (Å²) in [5, 5.41) is 3.06. The predicted octanol–water partition coefficient (Wildman–Crippen LogP) is 1.03. The summed E-state index contributed by atoms with van der Waals surface area (Å²) in [5.41, 5.74) is 1.12. The van der Waals surface area contributed by atoms with E-state index in [9.17, 15) is 8.42 Å². The van der Waals surface area contributed by atoms with E-state index in [1.165, 1.54) is 0 Å². The molecule has 0 spiro atoms. The van der Waals surface area contributed by atoms with Gasteiger partial charge in [0.25, 0.3) is 0 Å². The molecule has 0 saturated heterocycles. The van der Waals surface area contributed by atoms with Crippen LogP contribution in [0.15, 0.2) is 18.3 Å². The Morgan fingerprint density at radius 2 is 2.12 bits per heavy atom. The highest BCUT2D eigenvalue weighted by molar-refractivity contribution is 7.91. The average Bonchev–Trinajstić information content (AvgIpc) is 2.63. The van der Waals surface area contributed by atoms with Crippen molar-refractivity contribution in [3.63, 3.8) is 0 Å². The van der Waals surface area contributed by atoms with Crippen molar-refractivity contribution in [1.29, 1.82) is 0 Å². The molecule has 0 saturated carbocycles. The highest BCUT2D eigenvalue weighted by Crippen LogP contribution is 2.04. The normalized spacial score (nSPS) is 11.9. The first-order valence-electron chi connectivity index (χ1n) is 5.58. The van der Waals surface area contributed by atoms with Gasteiger partial charge >= 0.3 is 0 Å². The Bertz CT molecular complexity index is 409. The number of rotatable bonds is 7. The summed E-state index contributed by atoms with van der Waals surface area (Å²) in [6.07, 6.45) is 2.62. The molecule has 1 heterocycles. The van der Waals surface area contributed by atoms with Crippen LogP contribution in [0.1, 0.15) is 19.0 Å². The Labute approximate surface area is 97.6 Å². The molecule has 4 nitrogen and oxygen atoms in total. The van der Waals surface area contributed by atoms with Crippen LogP contribution in [0.25, 0.3) is 0 Å². The van der Waals surface area contributed by atoms with Crippen molar-refractivity contribution in [1.82, 2.24) is 9.88 Å². The van der Waals surface area contributed by atoms with E-state index in [4.69, 9.17) is 0 Å². The Balaban J connectivity index is 2.57. The number of hydrogen-bond donors (Lipinski definition) is 1. The summed E-state index contributed by atoms with van der Waals surface area (Å²) in [4.78, 5) is 0. The van der Waals surface area contributed by atoms with Crippen LogP contribution in [0.2, 0.25) is 0 Å². The van der Waals surface area contributed by atoms with Crippen molar-refractivity contribution in [2.45, 2.75) is 26.4 Å². The van der Waals surface area contributed by atoms with Crippen LogP contribution in [0, 0.1) is 0 Å². The first kappa shape index (κ1) is 13.3. The van der Waals surface area contributed by atoms with E-state index in [-0.39, 0.29) is 11.5 Å². The van der Waals surface area contributed by atoms with Crippen molar-refractivity contribution in [2.75, 3.05) is 18.6 Å². The SMILES string of the molecule is CCCS(=O)(=O)CCn1cccc1CNC. The number of hydrogen-bond acceptors (Lipinski definition) is 3. The van der Waals surface area contributed by atoms with Gasteiger partial charge in [-0.05, 0) is 25.6 Å². The zero-order valence-corrected chi connectivity index (χ0v) is 10.8. The van der Waals surface area contributed by atoms with Crippen LogP contribution >= 0.6 is 0 Å². The highest BCUT2D eigenvalue weighted by Gasteiger charge is 2.10. The second-order valence-corrected chi connectivity index (χ2v) is 6.18. The third-order valence-electron chi connectivity index (χ3n) is 2.44. The van der Waals surface area contributed by atoms with E-state index in [0.29, 0.717) is 13.0 Å². The van der Waals surface area contributed by atoms with Crippen LogP contribution < -0.4 is 5.32 Å². The standard InChI is InChI=1S/C11H20N2O2S/c1-3-8-16(14,15)9-7-13-6-4-5-11(13)10-12-2/h4-6,12H,3,7-10H2,1-2H3. The number of aryl methyl sites for hydroxylation is 1. The first-order chi connectivity index (χ1) is 7.59. The second kappa shape index (κ2) is 6.06. The summed E-state index contributed by atoms with van der Waals surface area (Å²) in [7, 11) is -1.00. The molecule has 1 aromatic heterocycles. The van der Waals surface area contributed by atoms with Gasteiger partial charge < -0.3 is 9.88 Å². The lowest BCUT2D eigenvalue weighted by molar-refractivity contribution is 0.584. The third kappa shape index (κ3) is 3.98. The summed E-state index contributed by atoms with van der Waals surface area (Å²) in [6, 6.07) is 3.95. The lowest BCUT2D eigenvalue weighted by Crippen LogP contribution is -2.18. The van der Waals surface area contributed by atoms with Gasteiger partial charge in [0.05, 0.1) is 5.75 Å². The third-order valence-corrected chi connectivity index (χ3v) is 4.27. The van der Waals surface area contributed by atoms with Crippen molar-refractivity contribution < 1.29 is 8.42 Å². The minimum atomic E-state index is -2.88. The molecule has 0 aliphatic carbocycles. The van der Waals surface area contributed by atoms with Crippen molar-refractivity contribution in [2.24, 2.45) is 0 Å². The minimum absolute atomic E-state index is 0.228. The van der Waals surface area contributed by atoms with Gasteiger partial charge in [-0.1, -0.05) is 6.92 Å². The predicted molar refractivity (Wildman–Crippen MR) is 66.1 cm³/mol. The first-order valence-corrected chi connectivity index (χ1v) is 7.40. The summed E-state index contributed by atoms with van der Waals surface area (Å²) < 4.78 is 25.1. The molecule has 0 fully saturated rings. The minimum Gasteiger partial charge on any atom is -0.349 e. The smallest absolute Gasteiger partial charge is 0.152 e. The van der Waals surface area contributed by atoms with E-state index in [1.54, 1.807) is 0 Å². The summed E-state index contributed by atoms with van der Waals surface area (Å²) in [6.45, 7) is 3.20. The molecule has 16 heavy (non-hydrogen) atoms. The average molecular weight is 244 g/mol. The molecule has 0 radical (unpaired) electrons. The zero-order valence-electron chi connectivity index (χ0n) is 9.94. The fraction of sp³-hybridized carbons (Fsp3) is 0.636. The van der Waals surface area contributed by atoms with E-state index in [1.807, 2.05) is 36.9 Å². The van der Waals surface area contributed by atoms with Crippen molar-refractivity contribution in [3.8, 4) is 0 Å². The van der Waals surface area contributed by atoms with Crippen LogP contribution in [0.4, 0.5) is 0 Å².